The van der Waals surface area contributed by atoms with E-state index in [-0.39, 0.29) is 10.7 Å². The molecule has 0 aromatic heterocycles. The summed E-state index contributed by atoms with van der Waals surface area (Å²) >= 11 is 5.78. The first-order chi connectivity index (χ1) is 7.56. The minimum atomic E-state index is -1.01. The highest BCUT2D eigenvalue weighted by atomic mass is 35.5. The summed E-state index contributed by atoms with van der Waals surface area (Å²) in [6.07, 6.45) is 1.11. The molecular formula is C11H13ClFNO2. The van der Waals surface area contributed by atoms with Gasteiger partial charge in [0.1, 0.15) is 11.9 Å². The normalized spacial score (nSPS) is 12.2. The highest BCUT2D eigenvalue weighted by molar-refractivity contribution is 6.33. The number of anilines is 1. The first-order valence-corrected chi connectivity index (χ1v) is 5.37. The fraction of sp³-hybridized carbons (Fsp3) is 0.364. The Morgan fingerprint density at radius 1 is 1.62 bits per heavy atom. The van der Waals surface area contributed by atoms with Crippen molar-refractivity contribution >= 4 is 23.3 Å². The molecule has 0 aliphatic carbocycles. The first kappa shape index (κ1) is 12.8. The lowest BCUT2D eigenvalue weighted by Crippen LogP contribution is -2.29. The Bertz CT molecular complexity index is 364. The van der Waals surface area contributed by atoms with Crippen LogP contribution in [0.15, 0.2) is 18.2 Å². The topological polar surface area (TPSA) is 49.3 Å². The van der Waals surface area contributed by atoms with Gasteiger partial charge in [0.05, 0.1) is 10.7 Å². The van der Waals surface area contributed by atoms with E-state index in [2.05, 4.69) is 5.32 Å². The van der Waals surface area contributed by atoms with Gasteiger partial charge in [-0.3, -0.25) is 0 Å². The van der Waals surface area contributed by atoms with Crippen LogP contribution in [0.2, 0.25) is 5.02 Å². The van der Waals surface area contributed by atoms with Crippen molar-refractivity contribution in [2.45, 2.75) is 25.8 Å². The second-order valence-corrected chi connectivity index (χ2v) is 3.83. The second-order valence-electron chi connectivity index (χ2n) is 3.42. The molecule has 0 saturated heterocycles. The van der Waals surface area contributed by atoms with Crippen LogP contribution in [0.3, 0.4) is 0 Å². The van der Waals surface area contributed by atoms with Crippen LogP contribution in [0.5, 0.6) is 0 Å². The Labute approximate surface area is 98.2 Å². The van der Waals surface area contributed by atoms with Gasteiger partial charge >= 0.3 is 5.97 Å². The van der Waals surface area contributed by atoms with Crippen LogP contribution >= 0.6 is 11.6 Å². The predicted octanol–water partition coefficient (Wildman–Crippen LogP) is 3.14. The van der Waals surface area contributed by atoms with Gasteiger partial charge in [0.2, 0.25) is 0 Å². The standard InChI is InChI=1S/C11H13ClFNO2/c1-2-4-9(11(15)16)14-10-7(12)5-3-6-8(10)13/h3,5-6,9,14H,2,4H2,1H3,(H,15,16). The smallest absolute Gasteiger partial charge is 0.326 e. The van der Waals surface area contributed by atoms with E-state index in [1.165, 1.54) is 18.2 Å². The van der Waals surface area contributed by atoms with Crippen molar-refractivity contribution in [1.29, 1.82) is 0 Å². The molecule has 1 aromatic carbocycles. The average Bonchev–Trinajstić information content (AvgIpc) is 2.21. The summed E-state index contributed by atoms with van der Waals surface area (Å²) in [6.45, 7) is 1.86. The zero-order valence-corrected chi connectivity index (χ0v) is 9.59. The van der Waals surface area contributed by atoms with Crippen LogP contribution in [-0.4, -0.2) is 17.1 Å². The number of rotatable bonds is 5. The maximum atomic E-state index is 13.4. The monoisotopic (exact) mass is 245 g/mol. The van der Waals surface area contributed by atoms with Crippen molar-refractivity contribution in [2.24, 2.45) is 0 Å². The van der Waals surface area contributed by atoms with Crippen LogP contribution in [-0.2, 0) is 4.79 Å². The Morgan fingerprint density at radius 2 is 2.31 bits per heavy atom. The lowest BCUT2D eigenvalue weighted by atomic mass is 10.1. The Morgan fingerprint density at radius 3 is 2.81 bits per heavy atom. The number of benzene rings is 1. The molecule has 3 nitrogen and oxygen atoms in total. The highest BCUT2D eigenvalue weighted by Gasteiger charge is 2.18. The number of halogens is 2. The average molecular weight is 246 g/mol. The number of nitrogens with one attached hydrogen (secondary N) is 1. The lowest BCUT2D eigenvalue weighted by Gasteiger charge is -2.16. The molecular weight excluding hydrogens is 233 g/mol. The highest BCUT2D eigenvalue weighted by Crippen LogP contribution is 2.25. The van der Waals surface area contributed by atoms with Gasteiger partial charge in [0.25, 0.3) is 0 Å². The maximum absolute atomic E-state index is 13.4. The summed E-state index contributed by atoms with van der Waals surface area (Å²) in [5.41, 5.74) is 0.0463. The lowest BCUT2D eigenvalue weighted by molar-refractivity contribution is -0.138. The molecule has 0 spiro atoms. The molecule has 0 amide bonds. The number of carbonyl (C=O) groups is 1. The minimum absolute atomic E-state index is 0.0463. The van der Waals surface area contributed by atoms with E-state index in [4.69, 9.17) is 16.7 Å². The van der Waals surface area contributed by atoms with Crippen molar-refractivity contribution < 1.29 is 14.3 Å². The van der Waals surface area contributed by atoms with Crippen molar-refractivity contribution in [3.8, 4) is 0 Å². The third kappa shape index (κ3) is 3.10. The zero-order chi connectivity index (χ0) is 12.1. The number of hydrogen-bond donors (Lipinski definition) is 2. The molecule has 16 heavy (non-hydrogen) atoms. The third-order valence-electron chi connectivity index (χ3n) is 2.16. The van der Waals surface area contributed by atoms with Crippen molar-refractivity contribution in [2.75, 3.05) is 5.32 Å². The molecule has 1 aromatic rings. The van der Waals surface area contributed by atoms with Gasteiger partial charge in [-0.1, -0.05) is 31.0 Å². The van der Waals surface area contributed by atoms with Crippen LogP contribution < -0.4 is 5.32 Å². The van der Waals surface area contributed by atoms with E-state index >= 15 is 0 Å². The number of para-hydroxylation sites is 1. The molecule has 88 valence electrons. The Balaban J connectivity index is 2.89. The first-order valence-electron chi connectivity index (χ1n) is 4.99. The molecule has 0 heterocycles. The largest absolute Gasteiger partial charge is 0.480 e. The molecule has 0 aliphatic heterocycles. The Kier molecular flexibility index (Phi) is 4.55. The molecule has 0 aliphatic rings. The molecule has 2 N–H and O–H groups in total. The van der Waals surface area contributed by atoms with Gasteiger partial charge in [-0.2, -0.15) is 0 Å². The number of carboxylic acid groups (broad SMARTS) is 1. The van der Waals surface area contributed by atoms with Gasteiger partial charge in [0.15, 0.2) is 0 Å². The van der Waals surface area contributed by atoms with Gasteiger partial charge in [-0.05, 0) is 18.6 Å². The van der Waals surface area contributed by atoms with E-state index < -0.39 is 17.8 Å². The van der Waals surface area contributed by atoms with E-state index in [0.29, 0.717) is 12.8 Å². The summed E-state index contributed by atoms with van der Waals surface area (Å²) in [5, 5.41) is 11.7. The summed E-state index contributed by atoms with van der Waals surface area (Å²) < 4.78 is 13.4. The van der Waals surface area contributed by atoms with E-state index in [1.807, 2.05) is 6.92 Å². The van der Waals surface area contributed by atoms with Gasteiger partial charge in [-0.25, -0.2) is 9.18 Å². The third-order valence-corrected chi connectivity index (χ3v) is 2.47. The molecule has 0 bridgehead atoms. The zero-order valence-electron chi connectivity index (χ0n) is 8.84. The number of aliphatic carboxylic acids is 1. The van der Waals surface area contributed by atoms with Crippen molar-refractivity contribution in [1.82, 2.24) is 0 Å². The molecule has 1 unspecified atom stereocenters. The molecule has 0 radical (unpaired) electrons. The van der Waals surface area contributed by atoms with Crippen molar-refractivity contribution in [3.63, 3.8) is 0 Å². The molecule has 1 atom stereocenters. The maximum Gasteiger partial charge on any atom is 0.326 e. The predicted molar refractivity (Wildman–Crippen MR) is 61.4 cm³/mol. The van der Waals surface area contributed by atoms with E-state index in [1.54, 1.807) is 0 Å². The minimum Gasteiger partial charge on any atom is -0.480 e. The fourth-order valence-electron chi connectivity index (χ4n) is 1.36. The number of hydrogen-bond acceptors (Lipinski definition) is 2. The van der Waals surface area contributed by atoms with Crippen LogP contribution in [0.1, 0.15) is 19.8 Å². The summed E-state index contributed by atoms with van der Waals surface area (Å²) in [5.74, 6) is -1.56. The SMILES string of the molecule is CCCC(Nc1c(F)cccc1Cl)C(=O)O. The molecule has 1 rings (SSSR count). The van der Waals surface area contributed by atoms with Gasteiger partial charge in [-0.15, -0.1) is 0 Å². The summed E-state index contributed by atoms with van der Waals surface area (Å²) in [7, 11) is 0. The molecule has 0 saturated carbocycles. The molecule has 0 fully saturated rings. The summed E-state index contributed by atoms with van der Waals surface area (Å²) in [4.78, 5) is 10.9. The van der Waals surface area contributed by atoms with Gasteiger partial charge in [0, 0.05) is 0 Å². The number of carboxylic acids is 1. The van der Waals surface area contributed by atoms with Gasteiger partial charge < -0.3 is 10.4 Å². The second kappa shape index (κ2) is 5.70. The summed E-state index contributed by atoms with van der Waals surface area (Å²) in [6, 6.07) is 3.40. The van der Waals surface area contributed by atoms with E-state index in [9.17, 15) is 9.18 Å². The van der Waals surface area contributed by atoms with E-state index in [0.717, 1.165) is 0 Å². The fourth-order valence-corrected chi connectivity index (χ4v) is 1.57. The quantitative estimate of drug-likeness (QED) is 0.838. The Hall–Kier alpha value is -1.29. The van der Waals surface area contributed by atoms with Crippen LogP contribution in [0, 0.1) is 5.82 Å². The van der Waals surface area contributed by atoms with Crippen LogP contribution in [0.25, 0.3) is 0 Å². The van der Waals surface area contributed by atoms with Crippen molar-refractivity contribution in [3.05, 3.63) is 29.0 Å². The van der Waals surface area contributed by atoms with Crippen LogP contribution in [0.4, 0.5) is 10.1 Å². The molecule has 5 heteroatoms.